The Labute approximate surface area is 100 Å². The monoisotopic (exact) mass is 235 g/mol. The van der Waals surface area contributed by atoms with Gasteiger partial charge in [-0.15, -0.1) is 0 Å². The van der Waals surface area contributed by atoms with Crippen molar-refractivity contribution in [1.82, 2.24) is 4.90 Å². The van der Waals surface area contributed by atoms with Crippen molar-refractivity contribution in [2.24, 2.45) is 5.92 Å². The normalized spacial score (nSPS) is 22.5. The third kappa shape index (κ3) is 2.42. The Morgan fingerprint density at radius 1 is 1.47 bits per heavy atom. The first kappa shape index (κ1) is 11.9. The summed E-state index contributed by atoms with van der Waals surface area (Å²) in [6.45, 7) is 3.33. The fraction of sp³-hybridized carbons (Fsp3) is 0.462. The van der Waals surface area contributed by atoms with Gasteiger partial charge in [0.25, 0.3) is 0 Å². The number of aromatic hydroxyl groups is 1. The lowest BCUT2D eigenvalue weighted by Crippen LogP contribution is -2.26. The number of aliphatic carboxylic acids is 1. The van der Waals surface area contributed by atoms with Crippen molar-refractivity contribution in [3.63, 3.8) is 0 Å². The molecule has 2 rings (SSSR count). The van der Waals surface area contributed by atoms with Crippen molar-refractivity contribution < 1.29 is 15.0 Å². The summed E-state index contributed by atoms with van der Waals surface area (Å²) in [6.07, 6.45) is 0.688. The molecule has 0 spiro atoms. The molecule has 4 heteroatoms. The molecule has 1 aliphatic heterocycles. The number of para-hydroxylation sites is 1. The van der Waals surface area contributed by atoms with Gasteiger partial charge in [-0.3, -0.25) is 9.69 Å². The largest absolute Gasteiger partial charge is 0.508 e. The lowest BCUT2D eigenvalue weighted by molar-refractivity contribution is -0.141. The van der Waals surface area contributed by atoms with Crippen LogP contribution in [-0.4, -0.2) is 34.2 Å². The molecule has 1 aliphatic rings. The van der Waals surface area contributed by atoms with Crippen LogP contribution in [0.3, 0.4) is 0 Å². The lowest BCUT2D eigenvalue weighted by Gasteiger charge is -2.24. The maximum Gasteiger partial charge on any atom is 0.307 e. The Kier molecular flexibility index (Phi) is 3.33. The van der Waals surface area contributed by atoms with Crippen molar-refractivity contribution in [2.75, 3.05) is 13.1 Å². The van der Waals surface area contributed by atoms with Crippen LogP contribution in [-0.2, 0) is 4.79 Å². The molecule has 0 radical (unpaired) electrons. The molecule has 2 N–H and O–H groups in total. The number of hydrogen-bond donors (Lipinski definition) is 2. The number of phenols is 1. The summed E-state index contributed by atoms with van der Waals surface area (Å²) in [5, 5.41) is 18.7. The van der Waals surface area contributed by atoms with Crippen molar-refractivity contribution in [2.45, 2.75) is 19.4 Å². The van der Waals surface area contributed by atoms with Gasteiger partial charge in [-0.05, 0) is 26.0 Å². The quantitative estimate of drug-likeness (QED) is 0.839. The van der Waals surface area contributed by atoms with Crippen LogP contribution in [0.1, 0.15) is 24.9 Å². The number of nitrogens with zero attached hydrogens (tertiary/aromatic N) is 1. The van der Waals surface area contributed by atoms with E-state index in [2.05, 4.69) is 4.90 Å². The Morgan fingerprint density at radius 3 is 2.76 bits per heavy atom. The molecule has 1 heterocycles. The molecule has 4 nitrogen and oxygen atoms in total. The predicted molar refractivity (Wildman–Crippen MR) is 63.8 cm³/mol. The van der Waals surface area contributed by atoms with Crippen LogP contribution < -0.4 is 0 Å². The highest BCUT2D eigenvalue weighted by atomic mass is 16.4. The Bertz CT molecular complexity index is 419. The van der Waals surface area contributed by atoms with Gasteiger partial charge in [0.05, 0.1) is 5.92 Å². The SMILES string of the molecule is CC(c1ccccc1O)N1CCC(C(=O)O)C1. The van der Waals surface area contributed by atoms with Crippen LogP contribution in [0.2, 0.25) is 0 Å². The highest BCUT2D eigenvalue weighted by Crippen LogP contribution is 2.31. The summed E-state index contributed by atoms with van der Waals surface area (Å²) in [7, 11) is 0. The van der Waals surface area contributed by atoms with E-state index in [1.165, 1.54) is 0 Å². The average molecular weight is 235 g/mol. The molecule has 0 aliphatic carbocycles. The number of rotatable bonds is 3. The van der Waals surface area contributed by atoms with Gasteiger partial charge in [-0.25, -0.2) is 0 Å². The van der Waals surface area contributed by atoms with Gasteiger partial charge < -0.3 is 10.2 Å². The predicted octanol–water partition coefficient (Wildman–Crippen LogP) is 1.86. The summed E-state index contributed by atoms with van der Waals surface area (Å²) in [5.41, 5.74) is 0.860. The molecule has 0 saturated carbocycles. The summed E-state index contributed by atoms with van der Waals surface area (Å²) >= 11 is 0. The Balaban J connectivity index is 2.09. The summed E-state index contributed by atoms with van der Waals surface area (Å²) in [5.74, 6) is -0.723. The van der Waals surface area contributed by atoms with Crippen molar-refractivity contribution in [3.8, 4) is 5.75 Å². The minimum atomic E-state index is -0.725. The third-order valence-electron chi connectivity index (χ3n) is 3.50. The summed E-state index contributed by atoms with van der Waals surface area (Å²) < 4.78 is 0. The molecule has 2 atom stereocenters. The fourth-order valence-electron chi connectivity index (χ4n) is 2.38. The smallest absolute Gasteiger partial charge is 0.307 e. The van der Waals surface area contributed by atoms with E-state index in [4.69, 9.17) is 5.11 Å². The highest BCUT2D eigenvalue weighted by Gasteiger charge is 2.31. The molecule has 92 valence electrons. The Morgan fingerprint density at radius 2 is 2.18 bits per heavy atom. The first-order valence-electron chi connectivity index (χ1n) is 5.84. The van der Waals surface area contributed by atoms with E-state index in [-0.39, 0.29) is 17.7 Å². The van der Waals surface area contributed by atoms with Gasteiger partial charge in [0, 0.05) is 18.2 Å². The minimum absolute atomic E-state index is 0.0561. The molecule has 2 unspecified atom stereocenters. The van der Waals surface area contributed by atoms with Gasteiger partial charge >= 0.3 is 5.97 Å². The molecule has 1 saturated heterocycles. The fourth-order valence-corrected chi connectivity index (χ4v) is 2.38. The summed E-state index contributed by atoms with van der Waals surface area (Å²) in [6, 6.07) is 7.27. The topological polar surface area (TPSA) is 60.8 Å². The molecule has 1 fully saturated rings. The van der Waals surface area contributed by atoms with Crippen molar-refractivity contribution >= 4 is 5.97 Å². The maximum absolute atomic E-state index is 10.9. The first-order chi connectivity index (χ1) is 8.09. The van der Waals surface area contributed by atoms with Crippen LogP contribution >= 0.6 is 0 Å². The van der Waals surface area contributed by atoms with Gasteiger partial charge in [0.15, 0.2) is 0 Å². The van der Waals surface area contributed by atoms with Crippen LogP contribution in [0.15, 0.2) is 24.3 Å². The number of phenolic OH excluding ortho intramolecular Hbond substituents is 1. The zero-order valence-corrected chi connectivity index (χ0v) is 9.84. The zero-order chi connectivity index (χ0) is 12.4. The van der Waals surface area contributed by atoms with Crippen LogP contribution in [0.4, 0.5) is 0 Å². The Hall–Kier alpha value is -1.55. The van der Waals surface area contributed by atoms with E-state index >= 15 is 0 Å². The van der Waals surface area contributed by atoms with Gasteiger partial charge in [-0.2, -0.15) is 0 Å². The van der Waals surface area contributed by atoms with Gasteiger partial charge in [0.1, 0.15) is 5.75 Å². The molecule has 0 bridgehead atoms. The van der Waals surface area contributed by atoms with E-state index in [0.717, 1.165) is 12.1 Å². The van der Waals surface area contributed by atoms with E-state index in [1.54, 1.807) is 12.1 Å². The molecule has 17 heavy (non-hydrogen) atoms. The standard InChI is InChI=1S/C13H17NO3/c1-9(11-4-2-3-5-12(11)15)14-7-6-10(8-14)13(16)17/h2-5,9-10,15H,6-8H2,1H3,(H,16,17). The maximum atomic E-state index is 10.9. The first-order valence-corrected chi connectivity index (χ1v) is 5.84. The highest BCUT2D eigenvalue weighted by molar-refractivity contribution is 5.70. The molecule has 1 aromatic rings. The lowest BCUT2D eigenvalue weighted by atomic mass is 10.1. The van der Waals surface area contributed by atoms with Gasteiger partial charge in [0.2, 0.25) is 0 Å². The number of hydrogen-bond acceptors (Lipinski definition) is 3. The number of carbonyl (C=O) groups is 1. The second-order valence-electron chi connectivity index (χ2n) is 4.55. The molecule has 0 aromatic heterocycles. The second-order valence-corrected chi connectivity index (χ2v) is 4.55. The van der Waals surface area contributed by atoms with E-state index in [1.807, 2.05) is 19.1 Å². The number of benzene rings is 1. The molecule has 0 amide bonds. The van der Waals surface area contributed by atoms with Crippen molar-refractivity contribution in [1.29, 1.82) is 0 Å². The number of carboxylic acid groups (broad SMARTS) is 1. The van der Waals surface area contributed by atoms with E-state index in [0.29, 0.717) is 13.0 Å². The van der Waals surface area contributed by atoms with Crippen molar-refractivity contribution in [3.05, 3.63) is 29.8 Å². The molecular formula is C13H17NO3. The van der Waals surface area contributed by atoms with Crippen LogP contribution in [0.25, 0.3) is 0 Å². The zero-order valence-electron chi connectivity index (χ0n) is 9.84. The van der Waals surface area contributed by atoms with Crippen LogP contribution in [0, 0.1) is 5.92 Å². The summed E-state index contributed by atoms with van der Waals surface area (Å²) in [4.78, 5) is 13.0. The average Bonchev–Trinajstić information content (AvgIpc) is 2.78. The second kappa shape index (κ2) is 4.75. The number of carboxylic acids is 1. The minimum Gasteiger partial charge on any atom is -0.508 e. The molecular weight excluding hydrogens is 218 g/mol. The van der Waals surface area contributed by atoms with E-state index in [9.17, 15) is 9.90 Å². The third-order valence-corrected chi connectivity index (χ3v) is 3.50. The number of likely N-dealkylation sites (tertiary alicyclic amines) is 1. The van der Waals surface area contributed by atoms with Gasteiger partial charge in [-0.1, -0.05) is 18.2 Å². The van der Waals surface area contributed by atoms with E-state index < -0.39 is 5.97 Å². The molecule has 1 aromatic carbocycles. The van der Waals surface area contributed by atoms with Crippen LogP contribution in [0.5, 0.6) is 5.75 Å².